The van der Waals surface area contributed by atoms with Crippen molar-refractivity contribution in [2.24, 2.45) is 0 Å². The minimum atomic E-state index is -3.39. The number of H-pyrrole nitrogens is 1. The lowest BCUT2D eigenvalue weighted by Gasteiger charge is -2.20. The van der Waals surface area contributed by atoms with E-state index in [0.29, 0.717) is 18.8 Å². The van der Waals surface area contributed by atoms with E-state index < -0.39 is 10.2 Å². The Morgan fingerprint density at radius 1 is 1.36 bits per heavy atom. The summed E-state index contributed by atoms with van der Waals surface area (Å²) < 4.78 is 45.5. The van der Waals surface area contributed by atoms with E-state index >= 15 is 0 Å². The summed E-state index contributed by atoms with van der Waals surface area (Å²) in [5, 5.41) is 7.20. The van der Waals surface area contributed by atoms with Crippen LogP contribution in [0.3, 0.4) is 0 Å². The molecular weight excluding hydrogens is 347 g/mol. The molecule has 25 heavy (non-hydrogen) atoms. The van der Waals surface area contributed by atoms with Crippen LogP contribution in [0.25, 0.3) is 0 Å². The Bertz CT molecular complexity index is 820. The van der Waals surface area contributed by atoms with E-state index in [1.165, 1.54) is 34.8 Å². The van der Waals surface area contributed by atoms with Gasteiger partial charge in [0.25, 0.3) is 10.2 Å². The average Bonchev–Trinajstić information content (AvgIpc) is 3.23. The number of benzene rings is 1. The van der Waals surface area contributed by atoms with E-state index in [1.807, 2.05) is 6.07 Å². The maximum absolute atomic E-state index is 12.9. The number of nitrogens with zero attached hydrogens (tertiary/aromatic N) is 3. The molecule has 0 aliphatic carbocycles. The van der Waals surface area contributed by atoms with E-state index in [2.05, 4.69) is 10.2 Å². The normalized spacial score (nSPS) is 18.8. The summed E-state index contributed by atoms with van der Waals surface area (Å²) in [4.78, 5) is 0. The maximum Gasteiger partial charge on any atom is 0.281 e. The molecule has 0 radical (unpaired) electrons. The van der Waals surface area contributed by atoms with Crippen LogP contribution in [0.5, 0.6) is 5.75 Å². The van der Waals surface area contributed by atoms with E-state index in [1.54, 1.807) is 12.1 Å². The van der Waals surface area contributed by atoms with Gasteiger partial charge in [0.2, 0.25) is 0 Å². The highest BCUT2D eigenvalue weighted by Crippen LogP contribution is 2.28. The van der Waals surface area contributed by atoms with Crippen molar-refractivity contribution >= 4 is 10.2 Å². The van der Waals surface area contributed by atoms with Gasteiger partial charge < -0.3 is 4.74 Å². The third-order valence-electron chi connectivity index (χ3n) is 4.22. The molecule has 0 saturated carbocycles. The van der Waals surface area contributed by atoms with E-state index in [9.17, 15) is 12.8 Å². The first-order valence-electron chi connectivity index (χ1n) is 7.96. The number of nitrogens with one attached hydrogen (secondary N) is 1. The van der Waals surface area contributed by atoms with Crippen LogP contribution in [0.2, 0.25) is 0 Å². The molecule has 1 aromatic carbocycles. The predicted octanol–water partition coefficient (Wildman–Crippen LogP) is 1.72. The molecule has 0 unspecified atom stereocenters. The Labute approximate surface area is 146 Å². The summed E-state index contributed by atoms with van der Waals surface area (Å²) in [5.74, 6) is 0.321. The van der Waals surface area contributed by atoms with Gasteiger partial charge >= 0.3 is 0 Å². The number of halogens is 1. The quantitative estimate of drug-likeness (QED) is 0.842. The van der Waals surface area contributed by atoms with Gasteiger partial charge in [0.05, 0.1) is 11.4 Å². The molecule has 136 valence electrons. The zero-order valence-electron chi connectivity index (χ0n) is 14.1. The topological polar surface area (TPSA) is 78.5 Å². The molecule has 2 heterocycles. The molecule has 2 aromatic rings. The average molecular weight is 368 g/mol. The van der Waals surface area contributed by atoms with Gasteiger partial charge in [-0.15, -0.1) is 0 Å². The van der Waals surface area contributed by atoms with Crippen molar-refractivity contribution in [3.63, 3.8) is 0 Å². The Kier molecular flexibility index (Phi) is 5.07. The second-order valence-electron chi connectivity index (χ2n) is 6.19. The zero-order chi connectivity index (χ0) is 18.0. The highest BCUT2D eigenvalue weighted by atomic mass is 32.2. The molecule has 0 amide bonds. The molecule has 1 aromatic heterocycles. The summed E-state index contributed by atoms with van der Waals surface area (Å²) in [7, 11) is -0.327. The second-order valence-corrected chi connectivity index (χ2v) is 8.34. The number of hydrogen-bond acceptors (Lipinski definition) is 4. The zero-order valence-corrected chi connectivity index (χ0v) is 15.0. The second kappa shape index (κ2) is 7.11. The molecule has 1 fully saturated rings. The lowest BCUT2D eigenvalue weighted by Crippen LogP contribution is -2.38. The van der Waals surface area contributed by atoms with Gasteiger partial charge in [0.15, 0.2) is 0 Å². The highest BCUT2D eigenvalue weighted by molar-refractivity contribution is 7.86. The number of hydrogen-bond donors (Lipinski definition) is 1. The molecule has 1 aliphatic heterocycles. The summed E-state index contributed by atoms with van der Waals surface area (Å²) in [6.07, 6.45) is 0.732. The molecule has 0 spiro atoms. The van der Waals surface area contributed by atoms with Gasteiger partial charge in [0, 0.05) is 33.1 Å². The lowest BCUT2D eigenvalue weighted by molar-refractivity contribution is 0.300. The van der Waals surface area contributed by atoms with Gasteiger partial charge in [0.1, 0.15) is 18.2 Å². The molecule has 1 saturated heterocycles. The first kappa shape index (κ1) is 17.8. The largest absolute Gasteiger partial charge is 0.487 e. The first-order valence-corrected chi connectivity index (χ1v) is 9.36. The van der Waals surface area contributed by atoms with Crippen molar-refractivity contribution in [1.82, 2.24) is 18.8 Å². The summed E-state index contributed by atoms with van der Waals surface area (Å²) in [5.41, 5.74) is 1.61. The molecule has 3 rings (SSSR count). The van der Waals surface area contributed by atoms with Crippen LogP contribution in [0.15, 0.2) is 30.3 Å². The van der Waals surface area contributed by atoms with Gasteiger partial charge in [-0.3, -0.25) is 5.10 Å². The molecule has 1 N–H and O–H groups in total. The fourth-order valence-corrected chi connectivity index (χ4v) is 3.93. The lowest BCUT2D eigenvalue weighted by atomic mass is 10.1. The Hall–Kier alpha value is -1.97. The van der Waals surface area contributed by atoms with Crippen LogP contribution in [-0.4, -0.2) is 54.4 Å². The van der Waals surface area contributed by atoms with Crippen molar-refractivity contribution in [3.05, 3.63) is 47.5 Å². The Balaban J connectivity index is 1.59. The van der Waals surface area contributed by atoms with Gasteiger partial charge in [-0.25, -0.2) is 4.39 Å². The fraction of sp³-hybridized carbons (Fsp3) is 0.438. The molecule has 1 aliphatic rings. The van der Waals surface area contributed by atoms with Crippen molar-refractivity contribution in [1.29, 1.82) is 0 Å². The van der Waals surface area contributed by atoms with Gasteiger partial charge in [-0.2, -0.15) is 22.1 Å². The summed E-state index contributed by atoms with van der Waals surface area (Å²) in [6.45, 7) is 1.19. The number of ether oxygens (including phenoxy) is 1. The number of aromatic nitrogens is 2. The van der Waals surface area contributed by atoms with Crippen LogP contribution >= 0.6 is 0 Å². The van der Waals surface area contributed by atoms with Gasteiger partial charge in [-0.05, 0) is 36.8 Å². The van der Waals surface area contributed by atoms with E-state index in [-0.39, 0.29) is 18.3 Å². The minimum Gasteiger partial charge on any atom is -0.487 e. The third kappa shape index (κ3) is 4.00. The molecule has 9 heteroatoms. The minimum absolute atomic E-state index is 0.0607. The van der Waals surface area contributed by atoms with Crippen molar-refractivity contribution in [3.8, 4) is 5.75 Å². The fourth-order valence-electron chi connectivity index (χ4n) is 2.76. The summed E-state index contributed by atoms with van der Waals surface area (Å²) >= 11 is 0. The van der Waals surface area contributed by atoms with Crippen molar-refractivity contribution in [2.75, 3.05) is 27.2 Å². The number of rotatable bonds is 6. The van der Waals surface area contributed by atoms with Crippen molar-refractivity contribution in [2.45, 2.75) is 18.9 Å². The Morgan fingerprint density at radius 3 is 2.76 bits per heavy atom. The standard InChI is InChI=1S/C16H21FN4O3S/c1-20(2)25(22,23)21-8-7-12(10-21)16-9-14(18-19-16)11-24-15-5-3-13(17)4-6-15/h3-6,9,12H,7-8,10-11H2,1-2H3,(H,18,19)/t12-/m0/s1. The predicted molar refractivity (Wildman–Crippen MR) is 90.9 cm³/mol. The molecule has 7 nitrogen and oxygen atoms in total. The third-order valence-corrected chi connectivity index (χ3v) is 6.12. The van der Waals surface area contributed by atoms with Gasteiger partial charge in [-0.1, -0.05) is 0 Å². The SMILES string of the molecule is CN(C)S(=O)(=O)N1CC[C@H](c2cc(COc3ccc(F)cc3)[nH]n2)C1. The first-order chi connectivity index (χ1) is 11.9. The van der Waals surface area contributed by atoms with E-state index in [4.69, 9.17) is 4.74 Å². The highest BCUT2D eigenvalue weighted by Gasteiger charge is 2.34. The van der Waals surface area contributed by atoms with Crippen molar-refractivity contribution < 1.29 is 17.5 Å². The van der Waals surface area contributed by atoms with Crippen LogP contribution in [0.1, 0.15) is 23.7 Å². The summed E-state index contributed by atoms with van der Waals surface area (Å²) in [6, 6.07) is 7.69. The molecule has 0 bridgehead atoms. The molecular formula is C16H21FN4O3S. The monoisotopic (exact) mass is 368 g/mol. The number of aromatic amines is 1. The smallest absolute Gasteiger partial charge is 0.281 e. The van der Waals surface area contributed by atoms with Crippen LogP contribution < -0.4 is 4.74 Å². The maximum atomic E-state index is 12.9. The van der Waals surface area contributed by atoms with Crippen LogP contribution in [0, 0.1) is 5.82 Å². The Morgan fingerprint density at radius 2 is 2.08 bits per heavy atom. The van der Waals surface area contributed by atoms with Crippen LogP contribution in [-0.2, 0) is 16.8 Å². The van der Waals surface area contributed by atoms with E-state index in [0.717, 1.165) is 17.8 Å². The molecule has 1 atom stereocenters. The van der Waals surface area contributed by atoms with Crippen LogP contribution in [0.4, 0.5) is 4.39 Å².